The van der Waals surface area contributed by atoms with E-state index in [2.05, 4.69) is 22.8 Å². The van der Waals surface area contributed by atoms with E-state index in [0.29, 0.717) is 6.10 Å². The molecule has 0 radical (unpaired) electrons. The molecule has 14 heavy (non-hydrogen) atoms. The zero-order valence-electron chi connectivity index (χ0n) is 8.37. The van der Waals surface area contributed by atoms with E-state index in [4.69, 9.17) is 4.74 Å². The Morgan fingerprint density at radius 2 is 2.57 bits per heavy atom. The fourth-order valence-corrected chi connectivity index (χ4v) is 2.43. The van der Waals surface area contributed by atoms with Gasteiger partial charge in [-0.2, -0.15) is 0 Å². The van der Waals surface area contributed by atoms with Crippen molar-refractivity contribution in [3.8, 4) is 0 Å². The molecular formula is C11H17NOS. The Morgan fingerprint density at radius 1 is 1.57 bits per heavy atom. The molecule has 0 aliphatic carbocycles. The molecule has 2 rings (SSSR count). The van der Waals surface area contributed by atoms with Crippen molar-refractivity contribution in [2.75, 3.05) is 19.7 Å². The Bertz CT molecular complexity index is 242. The van der Waals surface area contributed by atoms with Gasteiger partial charge >= 0.3 is 0 Å². The second kappa shape index (κ2) is 5.49. The van der Waals surface area contributed by atoms with Crippen LogP contribution in [0.25, 0.3) is 0 Å². The van der Waals surface area contributed by atoms with Crippen LogP contribution in [-0.2, 0) is 11.2 Å². The quantitative estimate of drug-likeness (QED) is 0.823. The molecule has 2 heterocycles. The Kier molecular flexibility index (Phi) is 3.98. The Balaban J connectivity index is 1.62. The van der Waals surface area contributed by atoms with Gasteiger partial charge in [0.15, 0.2) is 0 Å². The number of hydrogen-bond acceptors (Lipinski definition) is 3. The zero-order valence-corrected chi connectivity index (χ0v) is 9.19. The molecule has 78 valence electrons. The van der Waals surface area contributed by atoms with E-state index in [1.807, 2.05) is 11.3 Å². The molecule has 1 N–H and O–H groups in total. The van der Waals surface area contributed by atoms with Crippen LogP contribution < -0.4 is 5.32 Å². The average molecular weight is 211 g/mol. The Hall–Kier alpha value is -0.380. The molecule has 1 aromatic heterocycles. The van der Waals surface area contributed by atoms with E-state index in [9.17, 15) is 0 Å². The van der Waals surface area contributed by atoms with Gasteiger partial charge in [0.05, 0.1) is 12.7 Å². The molecule has 0 saturated carbocycles. The number of ether oxygens (including phenoxy) is 1. The molecule has 0 bridgehead atoms. The van der Waals surface area contributed by atoms with E-state index in [-0.39, 0.29) is 0 Å². The topological polar surface area (TPSA) is 21.3 Å². The summed E-state index contributed by atoms with van der Waals surface area (Å²) in [6.07, 6.45) is 3.98. The number of hydrogen-bond donors (Lipinski definition) is 1. The number of nitrogens with one attached hydrogen (secondary N) is 1. The van der Waals surface area contributed by atoms with Crippen LogP contribution in [0.5, 0.6) is 0 Å². The van der Waals surface area contributed by atoms with Gasteiger partial charge in [-0.3, -0.25) is 0 Å². The van der Waals surface area contributed by atoms with Gasteiger partial charge in [0.1, 0.15) is 0 Å². The van der Waals surface area contributed by atoms with Crippen LogP contribution in [0.1, 0.15) is 17.7 Å². The minimum Gasteiger partial charge on any atom is -0.377 e. The van der Waals surface area contributed by atoms with Gasteiger partial charge in [-0.25, -0.2) is 0 Å². The molecule has 1 saturated heterocycles. The first-order chi connectivity index (χ1) is 6.95. The van der Waals surface area contributed by atoms with Gasteiger partial charge in [0, 0.05) is 17.8 Å². The average Bonchev–Trinajstić information content (AvgIpc) is 2.72. The highest BCUT2D eigenvalue weighted by atomic mass is 32.1. The lowest BCUT2D eigenvalue weighted by molar-refractivity contribution is 0.0393. The summed E-state index contributed by atoms with van der Waals surface area (Å²) in [6, 6.07) is 4.27. The van der Waals surface area contributed by atoms with Gasteiger partial charge in [-0.05, 0) is 30.8 Å². The smallest absolute Gasteiger partial charge is 0.0700 e. The third-order valence-corrected chi connectivity index (χ3v) is 3.47. The summed E-state index contributed by atoms with van der Waals surface area (Å²) >= 11 is 1.81. The molecule has 1 aromatic rings. The van der Waals surface area contributed by atoms with Crippen molar-refractivity contribution >= 4 is 11.3 Å². The lowest BCUT2D eigenvalue weighted by atomic mass is 10.1. The van der Waals surface area contributed by atoms with Crippen molar-refractivity contribution in [3.05, 3.63) is 22.4 Å². The summed E-state index contributed by atoms with van der Waals surface area (Å²) in [4.78, 5) is 1.42. The van der Waals surface area contributed by atoms with Crippen molar-refractivity contribution in [1.29, 1.82) is 0 Å². The summed E-state index contributed by atoms with van der Waals surface area (Å²) in [5, 5.41) is 5.48. The maximum absolute atomic E-state index is 5.80. The molecule has 1 aliphatic heterocycles. The highest BCUT2D eigenvalue weighted by Crippen LogP contribution is 2.11. The first kappa shape index (κ1) is 10.1. The molecule has 0 unspecified atom stereocenters. The van der Waals surface area contributed by atoms with E-state index >= 15 is 0 Å². The van der Waals surface area contributed by atoms with Crippen LogP contribution in [0, 0.1) is 0 Å². The Morgan fingerprint density at radius 3 is 3.29 bits per heavy atom. The lowest BCUT2D eigenvalue weighted by Crippen LogP contribution is -2.35. The maximum Gasteiger partial charge on any atom is 0.0700 e. The van der Waals surface area contributed by atoms with Crippen LogP contribution in [0.4, 0.5) is 0 Å². The summed E-state index contributed by atoms with van der Waals surface area (Å²) in [5.74, 6) is 0. The Labute approximate surface area is 89.3 Å². The number of thiophene rings is 1. The molecule has 3 heteroatoms. The molecule has 1 atom stereocenters. The van der Waals surface area contributed by atoms with E-state index in [1.165, 1.54) is 17.7 Å². The number of rotatable bonds is 4. The lowest BCUT2D eigenvalue weighted by Gasteiger charge is -2.22. The van der Waals surface area contributed by atoms with Crippen LogP contribution >= 0.6 is 11.3 Å². The highest BCUT2D eigenvalue weighted by molar-refractivity contribution is 7.09. The van der Waals surface area contributed by atoms with Crippen LogP contribution in [0.2, 0.25) is 0 Å². The minimum absolute atomic E-state index is 0.448. The van der Waals surface area contributed by atoms with Crippen molar-refractivity contribution in [2.45, 2.75) is 25.4 Å². The maximum atomic E-state index is 5.80. The van der Waals surface area contributed by atoms with Crippen molar-refractivity contribution in [2.24, 2.45) is 0 Å². The SMILES string of the molecule is c1csc(CCO[C@H]2CCCNC2)c1. The van der Waals surface area contributed by atoms with Crippen LogP contribution in [-0.4, -0.2) is 25.8 Å². The number of piperidine rings is 1. The second-order valence-corrected chi connectivity index (χ2v) is 4.70. The molecule has 0 aromatic carbocycles. The van der Waals surface area contributed by atoms with Crippen molar-refractivity contribution in [1.82, 2.24) is 5.32 Å². The molecular weight excluding hydrogens is 194 g/mol. The largest absolute Gasteiger partial charge is 0.377 e. The fraction of sp³-hybridized carbons (Fsp3) is 0.636. The van der Waals surface area contributed by atoms with Gasteiger partial charge in [0.25, 0.3) is 0 Å². The predicted octanol–water partition coefficient (Wildman–Crippen LogP) is 2.06. The molecule has 1 fully saturated rings. The standard InChI is InChI=1S/C11H17NOS/c1-3-10(9-12-6-1)13-7-5-11-4-2-8-14-11/h2,4,8,10,12H,1,3,5-7,9H2/t10-/m0/s1. The minimum atomic E-state index is 0.448. The third-order valence-electron chi connectivity index (χ3n) is 2.53. The third kappa shape index (κ3) is 3.08. The van der Waals surface area contributed by atoms with Crippen molar-refractivity contribution < 1.29 is 4.74 Å². The molecule has 1 aliphatic rings. The molecule has 0 spiro atoms. The normalized spacial score (nSPS) is 22.4. The van der Waals surface area contributed by atoms with E-state index in [0.717, 1.165) is 26.1 Å². The summed E-state index contributed by atoms with van der Waals surface area (Å²) in [7, 11) is 0. The zero-order chi connectivity index (χ0) is 9.64. The van der Waals surface area contributed by atoms with Gasteiger partial charge in [0.2, 0.25) is 0 Å². The predicted molar refractivity (Wildman–Crippen MR) is 59.9 cm³/mol. The molecule has 0 amide bonds. The van der Waals surface area contributed by atoms with E-state index in [1.54, 1.807) is 0 Å². The highest BCUT2D eigenvalue weighted by Gasteiger charge is 2.12. The summed E-state index contributed by atoms with van der Waals surface area (Å²) in [5.41, 5.74) is 0. The van der Waals surface area contributed by atoms with Crippen molar-refractivity contribution in [3.63, 3.8) is 0 Å². The summed E-state index contributed by atoms with van der Waals surface area (Å²) < 4.78 is 5.80. The summed E-state index contributed by atoms with van der Waals surface area (Å²) in [6.45, 7) is 3.06. The van der Waals surface area contributed by atoms with Crippen LogP contribution in [0.3, 0.4) is 0 Å². The van der Waals surface area contributed by atoms with Crippen LogP contribution in [0.15, 0.2) is 17.5 Å². The second-order valence-electron chi connectivity index (χ2n) is 3.67. The molecule has 2 nitrogen and oxygen atoms in total. The van der Waals surface area contributed by atoms with E-state index < -0.39 is 0 Å². The first-order valence-corrected chi connectivity index (χ1v) is 6.18. The van der Waals surface area contributed by atoms with Gasteiger partial charge in [-0.1, -0.05) is 6.07 Å². The van der Waals surface area contributed by atoms with Gasteiger partial charge < -0.3 is 10.1 Å². The monoisotopic (exact) mass is 211 g/mol. The van der Waals surface area contributed by atoms with Gasteiger partial charge in [-0.15, -0.1) is 11.3 Å². The first-order valence-electron chi connectivity index (χ1n) is 5.30. The fourth-order valence-electron chi connectivity index (χ4n) is 1.74.